The molecule has 0 fully saturated rings. The number of pyridine rings is 1. The fourth-order valence-electron chi connectivity index (χ4n) is 2.42. The maximum Gasteiger partial charge on any atom is 0.213 e. The van der Waals surface area contributed by atoms with Gasteiger partial charge in [0.05, 0.1) is 25.5 Å². The largest absolute Gasteiger partial charge is 0.481 e. The topological polar surface area (TPSA) is 67.8 Å². The quantitative estimate of drug-likeness (QED) is 0.247. The molecule has 0 aliphatic carbocycles. The molecule has 0 aliphatic rings. The van der Waals surface area contributed by atoms with Gasteiger partial charge in [-0.2, -0.15) is 0 Å². The molecule has 0 radical (unpaired) electrons. The van der Waals surface area contributed by atoms with Gasteiger partial charge >= 0.3 is 0 Å². The highest BCUT2D eigenvalue weighted by Gasteiger charge is 2.05. The molecule has 0 saturated heterocycles. The molecule has 1 aromatic carbocycles. The van der Waals surface area contributed by atoms with Gasteiger partial charge in [0.15, 0.2) is 5.96 Å². The van der Waals surface area contributed by atoms with Crippen LogP contribution in [0.1, 0.15) is 30.7 Å². The minimum absolute atomic E-state index is 0. The second-order valence-electron chi connectivity index (χ2n) is 5.80. The molecule has 0 bridgehead atoms. The Morgan fingerprint density at radius 1 is 1.11 bits per heavy atom. The molecule has 2 rings (SSSR count). The van der Waals surface area contributed by atoms with Gasteiger partial charge in [-0.05, 0) is 25.0 Å². The van der Waals surface area contributed by atoms with E-state index in [1.54, 1.807) is 14.2 Å². The summed E-state index contributed by atoms with van der Waals surface area (Å²) in [6, 6.07) is 15.9. The molecule has 1 unspecified atom stereocenters. The number of nitrogens with one attached hydrogen (secondary N) is 2. The lowest BCUT2D eigenvalue weighted by Crippen LogP contribution is -2.37. The highest BCUT2D eigenvalue weighted by Crippen LogP contribution is 2.15. The first kappa shape index (κ1) is 23.2. The average molecular weight is 484 g/mol. The number of hydrogen-bond acceptors (Lipinski definition) is 4. The van der Waals surface area contributed by atoms with Crippen LogP contribution in [-0.2, 0) is 11.3 Å². The Morgan fingerprint density at radius 2 is 1.89 bits per heavy atom. The SMILES string of the molecule is CN=C(NCCCOC(C)c1ccccc1)NCc1cccc(OC)n1.I. The first-order valence-corrected chi connectivity index (χ1v) is 8.84. The average Bonchev–Trinajstić information content (AvgIpc) is 2.70. The standard InChI is InChI=1S/C20H28N4O2.HI/c1-16(17-9-5-4-6-10-17)26-14-8-13-22-20(21-2)23-15-18-11-7-12-19(24-18)25-3;/h4-7,9-12,16H,8,13-15H2,1-3H3,(H2,21,22,23);1H. The summed E-state index contributed by atoms with van der Waals surface area (Å²) >= 11 is 0. The number of rotatable bonds is 9. The summed E-state index contributed by atoms with van der Waals surface area (Å²) < 4.78 is 11.0. The molecular weight excluding hydrogens is 455 g/mol. The monoisotopic (exact) mass is 484 g/mol. The normalized spacial score (nSPS) is 12.0. The van der Waals surface area contributed by atoms with Crippen LogP contribution in [0.15, 0.2) is 53.5 Å². The van der Waals surface area contributed by atoms with Crippen LogP contribution in [0.25, 0.3) is 0 Å². The number of benzene rings is 1. The van der Waals surface area contributed by atoms with E-state index < -0.39 is 0 Å². The Kier molecular flexibility index (Phi) is 11.4. The van der Waals surface area contributed by atoms with Crippen molar-refractivity contribution in [3.05, 3.63) is 59.8 Å². The summed E-state index contributed by atoms with van der Waals surface area (Å²) in [7, 11) is 3.36. The van der Waals surface area contributed by atoms with E-state index in [9.17, 15) is 0 Å². The van der Waals surface area contributed by atoms with Crippen LogP contribution >= 0.6 is 24.0 Å². The van der Waals surface area contributed by atoms with Gasteiger partial charge in [0.25, 0.3) is 0 Å². The lowest BCUT2D eigenvalue weighted by molar-refractivity contribution is 0.0646. The molecule has 0 aliphatic heterocycles. The van der Waals surface area contributed by atoms with Crippen molar-refractivity contribution < 1.29 is 9.47 Å². The third kappa shape index (κ3) is 8.57. The van der Waals surface area contributed by atoms with Crippen molar-refractivity contribution in [1.82, 2.24) is 15.6 Å². The number of ether oxygens (including phenoxy) is 2. The second-order valence-corrected chi connectivity index (χ2v) is 5.80. The molecule has 1 atom stereocenters. The van der Waals surface area contributed by atoms with Gasteiger partial charge in [-0.15, -0.1) is 24.0 Å². The van der Waals surface area contributed by atoms with Crippen molar-refractivity contribution in [3.63, 3.8) is 0 Å². The number of aromatic nitrogens is 1. The third-order valence-corrected chi connectivity index (χ3v) is 3.90. The van der Waals surface area contributed by atoms with Crippen molar-refractivity contribution in [2.45, 2.75) is 26.0 Å². The van der Waals surface area contributed by atoms with E-state index in [0.717, 1.165) is 24.6 Å². The Balaban J connectivity index is 0.00000364. The number of hydrogen-bond donors (Lipinski definition) is 2. The zero-order valence-corrected chi connectivity index (χ0v) is 18.5. The van der Waals surface area contributed by atoms with E-state index in [2.05, 4.69) is 39.7 Å². The Hall–Kier alpha value is -1.87. The van der Waals surface area contributed by atoms with Crippen molar-refractivity contribution in [2.75, 3.05) is 27.3 Å². The van der Waals surface area contributed by atoms with Crippen molar-refractivity contribution in [3.8, 4) is 5.88 Å². The predicted molar refractivity (Wildman–Crippen MR) is 120 cm³/mol. The fraction of sp³-hybridized carbons (Fsp3) is 0.400. The van der Waals surface area contributed by atoms with Gasteiger partial charge in [-0.25, -0.2) is 4.98 Å². The molecule has 27 heavy (non-hydrogen) atoms. The van der Waals surface area contributed by atoms with Gasteiger partial charge < -0.3 is 20.1 Å². The molecule has 6 nitrogen and oxygen atoms in total. The summed E-state index contributed by atoms with van der Waals surface area (Å²) in [5.41, 5.74) is 2.09. The Morgan fingerprint density at radius 3 is 2.59 bits per heavy atom. The fourth-order valence-corrected chi connectivity index (χ4v) is 2.42. The molecule has 1 aromatic heterocycles. The number of nitrogens with zero attached hydrogens (tertiary/aromatic N) is 2. The predicted octanol–water partition coefficient (Wildman–Crippen LogP) is 3.54. The summed E-state index contributed by atoms with van der Waals surface area (Å²) in [5.74, 6) is 1.35. The third-order valence-electron chi connectivity index (χ3n) is 3.90. The minimum atomic E-state index is 0. The Labute approximate surface area is 178 Å². The van der Waals surface area contributed by atoms with Gasteiger partial charge in [-0.1, -0.05) is 36.4 Å². The van der Waals surface area contributed by atoms with Crippen LogP contribution in [0.2, 0.25) is 0 Å². The van der Waals surface area contributed by atoms with Crippen LogP contribution in [0.3, 0.4) is 0 Å². The maximum absolute atomic E-state index is 5.87. The number of methoxy groups -OCH3 is 1. The molecule has 148 valence electrons. The first-order chi connectivity index (χ1) is 12.7. The maximum atomic E-state index is 5.87. The molecule has 1 heterocycles. The summed E-state index contributed by atoms with van der Waals surface area (Å²) in [6.45, 7) is 4.13. The number of aliphatic imine (C=N–C) groups is 1. The van der Waals surface area contributed by atoms with E-state index in [0.29, 0.717) is 19.0 Å². The number of halogens is 1. The summed E-state index contributed by atoms with van der Waals surface area (Å²) in [6.07, 6.45) is 1.00. The lowest BCUT2D eigenvalue weighted by atomic mass is 10.1. The van der Waals surface area contributed by atoms with Crippen LogP contribution in [-0.4, -0.2) is 38.3 Å². The molecule has 7 heteroatoms. The Bertz CT molecular complexity index is 683. The van der Waals surface area contributed by atoms with Crippen LogP contribution < -0.4 is 15.4 Å². The summed E-state index contributed by atoms with van der Waals surface area (Å²) in [5, 5.41) is 6.52. The molecular formula is C20H29IN4O2. The van der Waals surface area contributed by atoms with E-state index >= 15 is 0 Å². The summed E-state index contributed by atoms with van der Waals surface area (Å²) in [4.78, 5) is 8.59. The zero-order chi connectivity index (χ0) is 18.6. The van der Waals surface area contributed by atoms with E-state index in [-0.39, 0.29) is 30.1 Å². The van der Waals surface area contributed by atoms with Crippen LogP contribution in [0, 0.1) is 0 Å². The highest BCUT2D eigenvalue weighted by atomic mass is 127. The lowest BCUT2D eigenvalue weighted by Gasteiger charge is -2.15. The molecule has 0 spiro atoms. The zero-order valence-electron chi connectivity index (χ0n) is 16.1. The van der Waals surface area contributed by atoms with E-state index in [1.165, 1.54) is 5.56 Å². The van der Waals surface area contributed by atoms with Crippen molar-refractivity contribution >= 4 is 29.9 Å². The van der Waals surface area contributed by atoms with Gasteiger partial charge in [0.1, 0.15) is 0 Å². The van der Waals surface area contributed by atoms with Crippen LogP contribution in [0.4, 0.5) is 0 Å². The van der Waals surface area contributed by atoms with E-state index in [4.69, 9.17) is 9.47 Å². The van der Waals surface area contributed by atoms with Gasteiger partial charge in [0, 0.05) is 26.3 Å². The second kappa shape index (κ2) is 13.3. The van der Waals surface area contributed by atoms with Crippen LogP contribution in [0.5, 0.6) is 5.88 Å². The van der Waals surface area contributed by atoms with Gasteiger partial charge in [-0.3, -0.25) is 4.99 Å². The molecule has 2 N–H and O–H groups in total. The number of guanidine groups is 1. The first-order valence-electron chi connectivity index (χ1n) is 8.84. The van der Waals surface area contributed by atoms with Gasteiger partial charge in [0.2, 0.25) is 5.88 Å². The molecule has 0 saturated carbocycles. The van der Waals surface area contributed by atoms with Crippen molar-refractivity contribution in [1.29, 1.82) is 0 Å². The van der Waals surface area contributed by atoms with E-state index in [1.807, 2.05) is 36.4 Å². The molecule has 2 aromatic rings. The molecule has 0 amide bonds. The van der Waals surface area contributed by atoms with Crippen molar-refractivity contribution in [2.24, 2.45) is 4.99 Å². The smallest absolute Gasteiger partial charge is 0.213 e. The highest BCUT2D eigenvalue weighted by molar-refractivity contribution is 14.0. The minimum Gasteiger partial charge on any atom is -0.481 e.